The molecule has 4 rings (SSSR count). The number of hydrogen-bond donors (Lipinski definition) is 1. The number of nitrogens with zero attached hydrogens (tertiary/aromatic N) is 2. The number of benzene rings is 2. The summed E-state index contributed by atoms with van der Waals surface area (Å²) in [7, 11) is 1.65. The van der Waals surface area contributed by atoms with E-state index in [0.717, 1.165) is 65.5 Å². The van der Waals surface area contributed by atoms with Gasteiger partial charge in [0.2, 0.25) is 0 Å². The largest absolute Gasteiger partial charge is 0.496 e. The normalized spacial score (nSPS) is 15.9. The topological polar surface area (TPSA) is 81.1 Å². The molecule has 41 heavy (non-hydrogen) atoms. The molecule has 1 saturated heterocycles. The van der Waals surface area contributed by atoms with Crippen LogP contribution in [0.25, 0.3) is 11.1 Å². The standard InChI is InChI=1S/C34H44N2O5/c1-22-28(24-13-15-26(16-14-24)40-21-25-11-9-10-12-27(25)39-8)30(36-19-17-34(6,7)18-20-36)29(23(2)35-22)31(32(37)38)41-33(3,4)5/h9-16,31H,17-21H2,1-8H3,(H,37,38)/t31-/m0/s1. The fraction of sp³-hybridized carbons (Fsp3) is 0.471. The lowest BCUT2D eigenvalue weighted by Gasteiger charge is -2.41. The number of piperidine rings is 1. The number of aromatic nitrogens is 1. The van der Waals surface area contributed by atoms with E-state index in [-0.39, 0.29) is 5.41 Å². The molecule has 220 valence electrons. The van der Waals surface area contributed by atoms with Crippen molar-refractivity contribution in [2.75, 3.05) is 25.1 Å². The van der Waals surface area contributed by atoms with Crippen LogP contribution in [0.5, 0.6) is 11.5 Å². The summed E-state index contributed by atoms with van der Waals surface area (Å²) in [6.45, 7) is 16.2. The Labute approximate surface area is 244 Å². The number of ether oxygens (including phenoxy) is 3. The van der Waals surface area contributed by atoms with Crippen LogP contribution in [0.2, 0.25) is 0 Å². The highest BCUT2D eigenvalue weighted by atomic mass is 16.5. The second kappa shape index (κ2) is 12.1. The zero-order valence-corrected chi connectivity index (χ0v) is 25.7. The average molecular weight is 561 g/mol. The number of carboxylic acid groups (broad SMARTS) is 1. The van der Waals surface area contributed by atoms with E-state index in [2.05, 4.69) is 18.7 Å². The van der Waals surface area contributed by atoms with Gasteiger partial charge in [-0.3, -0.25) is 4.98 Å². The molecule has 0 spiro atoms. The summed E-state index contributed by atoms with van der Waals surface area (Å²) in [6.07, 6.45) is 0.884. The van der Waals surface area contributed by atoms with Gasteiger partial charge in [-0.2, -0.15) is 0 Å². The van der Waals surface area contributed by atoms with Crippen LogP contribution in [0.4, 0.5) is 5.69 Å². The first kappa shape index (κ1) is 30.4. The van der Waals surface area contributed by atoms with E-state index in [0.29, 0.717) is 17.9 Å². The van der Waals surface area contributed by atoms with Crippen LogP contribution in [-0.4, -0.2) is 41.9 Å². The van der Waals surface area contributed by atoms with Crippen LogP contribution < -0.4 is 14.4 Å². The van der Waals surface area contributed by atoms with Crippen molar-refractivity contribution in [2.24, 2.45) is 5.41 Å². The predicted molar refractivity (Wildman–Crippen MR) is 163 cm³/mol. The molecule has 1 aromatic heterocycles. The van der Waals surface area contributed by atoms with Crippen LogP contribution in [0.15, 0.2) is 48.5 Å². The molecule has 1 aliphatic heterocycles. The number of rotatable bonds is 9. The molecule has 0 bridgehead atoms. The first-order chi connectivity index (χ1) is 19.3. The quantitative estimate of drug-likeness (QED) is 0.290. The van der Waals surface area contributed by atoms with E-state index in [1.165, 1.54) is 0 Å². The molecule has 3 aromatic rings. The molecule has 0 radical (unpaired) electrons. The molecule has 0 amide bonds. The smallest absolute Gasteiger partial charge is 0.337 e. The van der Waals surface area contributed by atoms with E-state index in [4.69, 9.17) is 19.2 Å². The molecule has 0 saturated carbocycles. The lowest BCUT2D eigenvalue weighted by atomic mass is 9.82. The number of para-hydroxylation sites is 1. The summed E-state index contributed by atoms with van der Waals surface area (Å²) in [5.41, 5.74) is 5.52. The zero-order valence-electron chi connectivity index (χ0n) is 25.7. The summed E-state index contributed by atoms with van der Waals surface area (Å²) in [4.78, 5) is 19.9. The Morgan fingerprint density at radius 1 is 1.02 bits per heavy atom. The number of methoxy groups -OCH3 is 1. The third-order valence-corrected chi connectivity index (χ3v) is 7.70. The van der Waals surface area contributed by atoms with Gasteiger partial charge < -0.3 is 24.2 Å². The third kappa shape index (κ3) is 7.20. The minimum Gasteiger partial charge on any atom is -0.496 e. The van der Waals surface area contributed by atoms with Crippen molar-refractivity contribution in [2.45, 2.75) is 79.6 Å². The molecular weight excluding hydrogens is 516 g/mol. The fourth-order valence-electron chi connectivity index (χ4n) is 5.46. The summed E-state index contributed by atoms with van der Waals surface area (Å²) in [5, 5.41) is 10.4. The molecule has 7 heteroatoms. The molecular formula is C34H44N2O5. The number of aryl methyl sites for hydroxylation is 2. The first-order valence-corrected chi connectivity index (χ1v) is 14.3. The number of pyridine rings is 1. The number of aliphatic carboxylic acids is 1. The van der Waals surface area contributed by atoms with Crippen LogP contribution in [0.1, 0.15) is 76.1 Å². The summed E-state index contributed by atoms with van der Waals surface area (Å²) < 4.78 is 17.7. The van der Waals surface area contributed by atoms with Crippen molar-refractivity contribution in [3.63, 3.8) is 0 Å². The van der Waals surface area contributed by atoms with Crippen molar-refractivity contribution < 1.29 is 24.1 Å². The van der Waals surface area contributed by atoms with E-state index in [1.807, 2.05) is 83.1 Å². The summed E-state index contributed by atoms with van der Waals surface area (Å²) in [5.74, 6) is 0.509. The summed E-state index contributed by atoms with van der Waals surface area (Å²) in [6, 6.07) is 15.8. The molecule has 0 aliphatic carbocycles. The minimum absolute atomic E-state index is 0.239. The van der Waals surface area contributed by atoms with Gasteiger partial charge in [0, 0.05) is 41.2 Å². The first-order valence-electron chi connectivity index (χ1n) is 14.3. The molecule has 1 fully saturated rings. The Hall–Kier alpha value is -3.58. The Bertz CT molecular complexity index is 1370. The van der Waals surface area contributed by atoms with Crippen LogP contribution in [0, 0.1) is 19.3 Å². The molecule has 2 aromatic carbocycles. The monoisotopic (exact) mass is 560 g/mol. The number of hydrogen-bond acceptors (Lipinski definition) is 6. The van der Waals surface area contributed by atoms with E-state index >= 15 is 0 Å². The van der Waals surface area contributed by atoms with Gasteiger partial charge in [-0.25, -0.2) is 4.79 Å². The Morgan fingerprint density at radius 2 is 1.66 bits per heavy atom. The highest BCUT2D eigenvalue weighted by Gasteiger charge is 2.36. The second-order valence-electron chi connectivity index (χ2n) is 12.6. The van der Waals surface area contributed by atoms with Crippen molar-refractivity contribution in [1.29, 1.82) is 0 Å². The molecule has 1 atom stereocenters. The molecule has 7 nitrogen and oxygen atoms in total. The van der Waals surface area contributed by atoms with Gasteiger partial charge in [0.1, 0.15) is 18.1 Å². The molecule has 1 aliphatic rings. The number of anilines is 1. The Kier molecular flexibility index (Phi) is 8.97. The van der Waals surface area contributed by atoms with Gasteiger partial charge in [0.15, 0.2) is 6.10 Å². The lowest BCUT2D eigenvalue weighted by molar-refractivity contribution is -0.160. The average Bonchev–Trinajstić information content (AvgIpc) is 2.90. The highest BCUT2D eigenvalue weighted by molar-refractivity contribution is 5.88. The lowest BCUT2D eigenvalue weighted by Crippen LogP contribution is -2.39. The highest BCUT2D eigenvalue weighted by Crippen LogP contribution is 2.45. The fourth-order valence-corrected chi connectivity index (χ4v) is 5.46. The van der Waals surface area contributed by atoms with Gasteiger partial charge in [0.05, 0.1) is 18.4 Å². The number of carboxylic acids is 1. The Morgan fingerprint density at radius 3 is 2.24 bits per heavy atom. The second-order valence-corrected chi connectivity index (χ2v) is 12.6. The molecule has 0 unspecified atom stereocenters. The van der Waals surface area contributed by atoms with Crippen molar-refractivity contribution in [3.8, 4) is 22.6 Å². The number of carbonyl (C=O) groups is 1. The van der Waals surface area contributed by atoms with Crippen LogP contribution >= 0.6 is 0 Å². The SMILES string of the molecule is COc1ccccc1COc1ccc(-c2c(C)nc(C)c([C@H](OC(C)(C)C)C(=O)O)c2N2CCC(C)(C)CC2)cc1. The molecule has 1 N–H and O–H groups in total. The predicted octanol–water partition coefficient (Wildman–Crippen LogP) is 7.52. The van der Waals surface area contributed by atoms with E-state index < -0.39 is 17.7 Å². The van der Waals surface area contributed by atoms with Gasteiger partial charge in [-0.1, -0.05) is 44.2 Å². The molecule has 2 heterocycles. The summed E-state index contributed by atoms with van der Waals surface area (Å²) >= 11 is 0. The Balaban J connectivity index is 1.78. The third-order valence-electron chi connectivity index (χ3n) is 7.70. The zero-order chi connectivity index (χ0) is 29.9. The maximum atomic E-state index is 12.7. The van der Waals surface area contributed by atoms with Crippen molar-refractivity contribution in [3.05, 3.63) is 71.0 Å². The van der Waals surface area contributed by atoms with Gasteiger partial charge >= 0.3 is 5.97 Å². The van der Waals surface area contributed by atoms with Crippen LogP contribution in [0.3, 0.4) is 0 Å². The van der Waals surface area contributed by atoms with E-state index in [1.54, 1.807) is 7.11 Å². The van der Waals surface area contributed by atoms with E-state index in [9.17, 15) is 9.90 Å². The maximum absolute atomic E-state index is 12.7. The van der Waals surface area contributed by atoms with Crippen LogP contribution in [-0.2, 0) is 16.1 Å². The van der Waals surface area contributed by atoms with Crippen molar-refractivity contribution >= 4 is 11.7 Å². The maximum Gasteiger partial charge on any atom is 0.337 e. The van der Waals surface area contributed by atoms with Crippen molar-refractivity contribution in [1.82, 2.24) is 4.98 Å². The minimum atomic E-state index is -1.14. The van der Waals surface area contributed by atoms with Gasteiger partial charge in [-0.15, -0.1) is 0 Å². The van der Waals surface area contributed by atoms with Gasteiger partial charge in [0.25, 0.3) is 0 Å². The van der Waals surface area contributed by atoms with Gasteiger partial charge in [-0.05, 0) is 76.6 Å².